The fourth-order valence-electron chi connectivity index (χ4n) is 2.29. The van der Waals surface area contributed by atoms with Gasteiger partial charge in [-0.3, -0.25) is 14.5 Å². The first kappa shape index (κ1) is 19.2. The van der Waals surface area contributed by atoms with Crippen LogP contribution in [0, 0.1) is 6.92 Å². The van der Waals surface area contributed by atoms with Gasteiger partial charge in [-0.05, 0) is 38.4 Å². The van der Waals surface area contributed by atoms with Crippen LogP contribution in [-0.2, 0) is 16.1 Å². The number of likely N-dealkylation sites (N-methyl/N-ethyl adjacent to an activating group) is 2. The quantitative estimate of drug-likeness (QED) is 0.795. The van der Waals surface area contributed by atoms with Crippen molar-refractivity contribution in [3.8, 4) is 0 Å². The topological polar surface area (TPSA) is 52.7 Å². The summed E-state index contributed by atoms with van der Waals surface area (Å²) in [6, 6.07) is 8.16. The van der Waals surface area contributed by atoms with E-state index in [9.17, 15) is 9.59 Å². The molecule has 2 amide bonds. The molecule has 1 aromatic rings. The lowest BCUT2D eigenvalue weighted by molar-refractivity contribution is -0.132. The molecule has 0 fully saturated rings. The monoisotopic (exact) mass is 319 g/mol. The van der Waals surface area contributed by atoms with Gasteiger partial charge in [0.1, 0.15) is 0 Å². The average molecular weight is 319 g/mol. The molecule has 0 saturated carbocycles. The van der Waals surface area contributed by atoms with E-state index >= 15 is 0 Å². The van der Waals surface area contributed by atoms with Gasteiger partial charge in [0.05, 0.1) is 13.1 Å². The first-order valence-electron chi connectivity index (χ1n) is 8.13. The fraction of sp³-hybridized carbons (Fsp3) is 0.556. The molecule has 0 radical (unpaired) electrons. The number of hydrogen-bond donors (Lipinski definition) is 1. The molecule has 0 aliphatic rings. The minimum atomic E-state index is -0.0452. The summed E-state index contributed by atoms with van der Waals surface area (Å²) in [4.78, 5) is 27.8. The minimum Gasteiger partial charge on any atom is -0.353 e. The summed E-state index contributed by atoms with van der Waals surface area (Å²) >= 11 is 0. The van der Waals surface area contributed by atoms with Crippen LogP contribution in [0.3, 0.4) is 0 Å². The van der Waals surface area contributed by atoms with Crippen LogP contribution in [0.4, 0.5) is 0 Å². The molecule has 0 aliphatic heterocycles. The number of amides is 2. The molecule has 5 heteroatoms. The van der Waals surface area contributed by atoms with Crippen molar-refractivity contribution in [1.29, 1.82) is 0 Å². The largest absolute Gasteiger partial charge is 0.353 e. The Hall–Kier alpha value is -1.88. The highest BCUT2D eigenvalue weighted by Crippen LogP contribution is 2.09. The Morgan fingerprint density at radius 1 is 1.17 bits per heavy atom. The van der Waals surface area contributed by atoms with E-state index in [1.54, 1.807) is 11.9 Å². The standard InChI is InChI=1S/C18H29N3O2/c1-6-21(12-17(22)19-14(2)3)13-18(23)20(5)11-16-10-8-7-9-15(16)4/h7-10,14H,6,11-13H2,1-5H3,(H,19,22). The molecule has 128 valence electrons. The van der Waals surface area contributed by atoms with Gasteiger partial charge in [-0.25, -0.2) is 0 Å². The molecule has 1 N–H and O–H groups in total. The van der Waals surface area contributed by atoms with Crippen molar-refractivity contribution in [2.24, 2.45) is 0 Å². The molecule has 0 bridgehead atoms. The number of hydrogen-bond acceptors (Lipinski definition) is 3. The van der Waals surface area contributed by atoms with Crippen LogP contribution in [0.25, 0.3) is 0 Å². The van der Waals surface area contributed by atoms with Gasteiger partial charge in [0.25, 0.3) is 0 Å². The maximum atomic E-state index is 12.4. The van der Waals surface area contributed by atoms with E-state index in [2.05, 4.69) is 5.32 Å². The number of benzene rings is 1. The Bertz CT molecular complexity index is 529. The zero-order valence-electron chi connectivity index (χ0n) is 14.9. The van der Waals surface area contributed by atoms with Crippen LogP contribution in [0.5, 0.6) is 0 Å². The summed E-state index contributed by atoms with van der Waals surface area (Å²) in [5.74, 6) is -0.0244. The molecule has 0 spiro atoms. The van der Waals surface area contributed by atoms with Crippen LogP contribution in [0.15, 0.2) is 24.3 Å². The van der Waals surface area contributed by atoms with E-state index in [1.807, 2.05) is 56.9 Å². The van der Waals surface area contributed by atoms with Gasteiger partial charge in [-0.2, -0.15) is 0 Å². The van der Waals surface area contributed by atoms with Crippen molar-refractivity contribution in [3.05, 3.63) is 35.4 Å². The van der Waals surface area contributed by atoms with Gasteiger partial charge in [0, 0.05) is 19.6 Å². The third kappa shape index (κ3) is 6.82. The summed E-state index contributed by atoms with van der Waals surface area (Å²) in [6.45, 7) is 9.60. The molecule has 23 heavy (non-hydrogen) atoms. The zero-order chi connectivity index (χ0) is 17.4. The molecule has 5 nitrogen and oxygen atoms in total. The summed E-state index contributed by atoms with van der Waals surface area (Å²) in [6.07, 6.45) is 0. The van der Waals surface area contributed by atoms with E-state index in [1.165, 1.54) is 5.56 Å². The van der Waals surface area contributed by atoms with Crippen molar-refractivity contribution >= 4 is 11.8 Å². The second kappa shape index (κ2) is 9.30. The van der Waals surface area contributed by atoms with Gasteiger partial charge < -0.3 is 10.2 Å². The summed E-state index contributed by atoms with van der Waals surface area (Å²) in [7, 11) is 1.80. The maximum absolute atomic E-state index is 12.4. The first-order valence-corrected chi connectivity index (χ1v) is 8.13. The first-order chi connectivity index (χ1) is 10.8. The van der Waals surface area contributed by atoms with E-state index in [-0.39, 0.29) is 30.9 Å². The second-order valence-corrected chi connectivity index (χ2v) is 6.20. The van der Waals surface area contributed by atoms with Gasteiger partial charge >= 0.3 is 0 Å². The normalized spacial score (nSPS) is 10.9. The smallest absolute Gasteiger partial charge is 0.236 e. The molecule has 1 rings (SSSR count). The van der Waals surface area contributed by atoms with Crippen molar-refractivity contribution in [3.63, 3.8) is 0 Å². The minimum absolute atomic E-state index is 0.0208. The zero-order valence-corrected chi connectivity index (χ0v) is 14.9. The Morgan fingerprint density at radius 3 is 2.39 bits per heavy atom. The van der Waals surface area contributed by atoms with Gasteiger partial charge in [0.2, 0.25) is 11.8 Å². The maximum Gasteiger partial charge on any atom is 0.236 e. The number of carbonyl (C=O) groups is 2. The molecule has 0 heterocycles. The van der Waals surface area contributed by atoms with Crippen LogP contribution in [-0.4, -0.2) is 54.3 Å². The number of nitrogens with zero attached hydrogens (tertiary/aromatic N) is 2. The van der Waals surface area contributed by atoms with E-state index < -0.39 is 0 Å². The number of carbonyl (C=O) groups excluding carboxylic acids is 2. The summed E-state index contributed by atoms with van der Waals surface area (Å²) in [5.41, 5.74) is 2.32. The molecule has 0 aromatic heterocycles. The molecule has 0 saturated heterocycles. The average Bonchev–Trinajstić information content (AvgIpc) is 2.47. The van der Waals surface area contributed by atoms with Crippen molar-refractivity contribution < 1.29 is 9.59 Å². The number of nitrogens with one attached hydrogen (secondary N) is 1. The predicted molar refractivity (Wildman–Crippen MR) is 93.0 cm³/mol. The lowest BCUT2D eigenvalue weighted by Gasteiger charge is -2.24. The molecular weight excluding hydrogens is 290 g/mol. The fourth-order valence-corrected chi connectivity index (χ4v) is 2.29. The molecular formula is C18H29N3O2. The van der Waals surface area contributed by atoms with Crippen LogP contribution in [0.1, 0.15) is 31.9 Å². The van der Waals surface area contributed by atoms with E-state index in [0.717, 1.165) is 5.56 Å². The summed E-state index contributed by atoms with van der Waals surface area (Å²) in [5, 5.41) is 2.85. The SMILES string of the molecule is CCN(CC(=O)NC(C)C)CC(=O)N(C)Cc1ccccc1C. The van der Waals surface area contributed by atoms with Crippen LogP contribution in [0.2, 0.25) is 0 Å². The highest BCUT2D eigenvalue weighted by Gasteiger charge is 2.16. The molecule has 0 unspecified atom stereocenters. The highest BCUT2D eigenvalue weighted by atomic mass is 16.2. The molecule has 0 aliphatic carbocycles. The van der Waals surface area contributed by atoms with E-state index in [4.69, 9.17) is 0 Å². The van der Waals surface area contributed by atoms with Crippen molar-refractivity contribution in [1.82, 2.24) is 15.1 Å². The lowest BCUT2D eigenvalue weighted by atomic mass is 10.1. The lowest BCUT2D eigenvalue weighted by Crippen LogP contribution is -2.44. The third-order valence-electron chi connectivity index (χ3n) is 3.72. The highest BCUT2D eigenvalue weighted by molar-refractivity contribution is 5.81. The Kier molecular flexibility index (Phi) is 7.75. The third-order valence-corrected chi connectivity index (χ3v) is 3.72. The Morgan fingerprint density at radius 2 is 1.83 bits per heavy atom. The van der Waals surface area contributed by atoms with Crippen LogP contribution < -0.4 is 5.32 Å². The molecule has 0 atom stereocenters. The number of aryl methyl sites for hydroxylation is 1. The van der Waals surface area contributed by atoms with Gasteiger partial charge in [0.15, 0.2) is 0 Å². The van der Waals surface area contributed by atoms with E-state index in [0.29, 0.717) is 13.1 Å². The van der Waals surface area contributed by atoms with Crippen LogP contribution >= 0.6 is 0 Å². The van der Waals surface area contributed by atoms with Gasteiger partial charge in [-0.1, -0.05) is 31.2 Å². The van der Waals surface area contributed by atoms with Crippen molar-refractivity contribution in [2.45, 2.75) is 40.3 Å². The Balaban J connectivity index is 2.55. The van der Waals surface area contributed by atoms with Gasteiger partial charge in [-0.15, -0.1) is 0 Å². The summed E-state index contributed by atoms with van der Waals surface area (Å²) < 4.78 is 0. The predicted octanol–water partition coefficient (Wildman–Crippen LogP) is 1.80. The second-order valence-electron chi connectivity index (χ2n) is 6.20. The van der Waals surface area contributed by atoms with Crippen molar-refractivity contribution in [2.75, 3.05) is 26.7 Å². The molecule has 1 aromatic carbocycles. The number of rotatable bonds is 8. The Labute approximate surface area is 139 Å².